The van der Waals surface area contributed by atoms with Crippen molar-refractivity contribution in [3.8, 4) is 28.8 Å². The van der Waals surface area contributed by atoms with Crippen molar-refractivity contribution in [3.63, 3.8) is 0 Å². The number of nitro groups is 1. The second kappa shape index (κ2) is 11.4. The fourth-order valence-electron chi connectivity index (χ4n) is 4.32. The van der Waals surface area contributed by atoms with Crippen molar-refractivity contribution in [2.24, 2.45) is 5.10 Å². The van der Waals surface area contributed by atoms with Gasteiger partial charge in [0.1, 0.15) is 11.3 Å². The highest BCUT2D eigenvalue weighted by atomic mass is 16.6. The molecule has 3 aromatic carbocycles. The van der Waals surface area contributed by atoms with Gasteiger partial charge in [-0.15, -0.1) is 0 Å². The van der Waals surface area contributed by atoms with Gasteiger partial charge >= 0.3 is 11.7 Å². The van der Waals surface area contributed by atoms with Crippen LogP contribution in [0.4, 0.5) is 5.69 Å². The van der Waals surface area contributed by atoms with Gasteiger partial charge in [-0.25, -0.2) is 9.78 Å². The van der Waals surface area contributed by atoms with E-state index in [-0.39, 0.29) is 28.6 Å². The predicted octanol–water partition coefficient (Wildman–Crippen LogP) is 4.56. The summed E-state index contributed by atoms with van der Waals surface area (Å²) in [6.45, 7) is 1.39. The summed E-state index contributed by atoms with van der Waals surface area (Å²) in [5.74, 6) is -0.103. The number of hydrogen-bond donors (Lipinski definition) is 0. The Bertz CT molecular complexity index is 1930. The number of benzene rings is 3. The van der Waals surface area contributed by atoms with E-state index < -0.39 is 28.2 Å². The van der Waals surface area contributed by atoms with Gasteiger partial charge in [0.05, 0.1) is 48.8 Å². The lowest BCUT2D eigenvalue weighted by atomic mass is 10.1. The van der Waals surface area contributed by atoms with E-state index in [2.05, 4.69) is 14.8 Å². The second-order valence-electron chi connectivity index (χ2n) is 8.91. The van der Waals surface area contributed by atoms with E-state index in [9.17, 15) is 19.7 Å². The van der Waals surface area contributed by atoms with Crippen molar-refractivity contribution in [2.45, 2.75) is 13.0 Å². The van der Waals surface area contributed by atoms with Crippen LogP contribution in [0.2, 0.25) is 0 Å². The van der Waals surface area contributed by atoms with Crippen molar-refractivity contribution in [1.82, 2.24) is 9.66 Å². The number of nitro benzene ring substituents is 1. The molecule has 0 amide bonds. The number of methoxy groups -OCH3 is 3. The number of para-hydroxylation sites is 1. The van der Waals surface area contributed by atoms with E-state index >= 15 is 0 Å². The van der Waals surface area contributed by atoms with E-state index in [0.29, 0.717) is 27.6 Å². The number of furan rings is 1. The van der Waals surface area contributed by atoms with Crippen molar-refractivity contribution >= 4 is 39.7 Å². The smallest absolute Gasteiger partial charge is 0.346 e. The van der Waals surface area contributed by atoms with Gasteiger partial charge in [0.15, 0.2) is 17.6 Å². The van der Waals surface area contributed by atoms with Crippen LogP contribution in [0.15, 0.2) is 75.0 Å². The molecule has 42 heavy (non-hydrogen) atoms. The molecular formula is C29H24N4O9. The van der Waals surface area contributed by atoms with Crippen LogP contribution in [0.3, 0.4) is 0 Å². The van der Waals surface area contributed by atoms with Crippen LogP contribution >= 0.6 is 0 Å². The quantitative estimate of drug-likeness (QED) is 0.106. The van der Waals surface area contributed by atoms with Gasteiger partial charge < -0.3 is 23.4 Å². The molecule has 13 heteroatoms. The van der Waals surface area contributed by atoms with Crippen molar-refractivity contribution in [1.29, 1.82) is 0 Å². The van der Waals surface area contributed by atoms with Crippen LogP contribution in [0.25, 0.3) is 33.5 Å². The number of fused-ring (bicyclic) bond motifs is 2. The summed E-state index contributed by atoms with van der Waals surface area (Å²) in [5, 5.41) is 17.3. The normalized spacial score (nSPS) is 12.0. The van der Waals surface area contributed by atoms with Crippen LogP contribution < -0.4 is 19.8 Å². The predicted molar refractivity (Wildman–Crippen MR) is 153 cm³/mol. The average Bonchev–Trinajstić information content (AvgIpc) is 3.44. The summed E-state index contributed by atoms with van der Waals surface area (Å²) >= 11 is 0. The molecule has 13 nitrogen and oxygen atoms in total. The summed E-state index contributed by atoms with van der Waals surface area (Å²) in [6, 6.07) is 16.4. The van der Waals surface area contributed by atoms with Crippen molar-refractivity contribution in [2.75, 3.05) is 21.3 Å². The fraction of sp³-hybridized carbons (Fsp3) is 0.172. The minimum absolute atomic E-state index is 0.0324. The van der Waals surface area contributed by atoms with Crippen LogP contribution in [0, 0.1) is 10.1 Å². The van der Waals surface area contributed by atoms with Gasteiger partial charge in [-0.05, 0) is 43.3 Å². The number of nitrogens with zero attached hydrogens (tertiary/aromatic N) is 4. The summed E-state index contributed by atoms with van der Waals surface area (Å²) < 4.78 is 28.0. The first-order chi connectivity index (χ1) is 20.2. The zero-order valence-electron chi connectivity index (χ0n) is 22.9. The Kier molecular flexibility index (Phi) is 7.56. The van der Waals surface area contributed by atoms with Gasteiger partial charge in [0, 0.05) is 11.6 Å². The zero-order chi connectivity index (χ0) is 30.0. The van der Waals surface area contributed by atoms with Crippen LogP contribution in [0.5, 0.6) is 17.2 Å². The number of carbonyl (C=O) groups excluding carboxylic acids is 1. The first kappa shape index (κ1) is 27.8. The van der Waals surface area contributed by atoms with Crippen LogP contribution in [-0.2, 0) is 9.53 Å². The molecule has 214 valence electrons. The molecule has 1 atom stereocenters. The summed E-state index contributed by atoms with van der Waals surface area (Å²) in [6.07, 6.45) is 0.0996. The number of aromatic nitrogens is 2. The van der Waals surface area contributed by atoms with Gasteiger partial charge in [-0.2, -0.15) is 9.78 Å². The Morgan fingerprint density at radius 3 is 2.52 bits per heavy atom. The van der Waals surface area contributed by atoms with Gasteiger partial charge in [0.25, 0.3) is 5.56 Å². The molecule has 0 fully saturated rings. The summed E-state index contributed by atoms with van der Waals surface area (Å²) in [7, 11) is 4.00. The minimum Gasteiger partial charge on any atom is -0.496 e. The Balaban J connectivity index is 1.66. The Hall–Kier alpha value is -5.72. The molecule has 2 heterocycles. The maximum Gasteiger partial charge on any atom is 0.346 e. The molecule has 0 spiro atoms. The molecule has 0 unspecified atom stereocenters. The average molecular weight is 573 g/mol. The number of carbonyl (C=O) groups is 1. The molecule has 0 N–H and O–H groups in total. The largest absolute Gasteiger partial charge is 0.496 e. The molecule has 5 rings (SSSR count). The molecule has 0 radical (unpaired) electrons. The highest BCUT2D eigenvalue weighted by Gasteiger charge is 2.27. The highest BCUT2D eigenvalue weighted by Crippen LogP contribution is 2.39. The van der Waals surface area contributed by atoms with E-state index in [0.717, 1.165) is 4.68 Å². The zero-order valence-corrected chi connectivity index (χ0v) is 22.9. The standard InChI is InChI=1S/C29H24N4O9/c1-16(29(35)40-4)41-26-21(33(36)37)12-17(13-24(26)39-3)15-30-32-27(31-20-9-6-5-8-18(20)28(32)34)25-14-19-22(38-2)10-7-11-23(19)42-25/h5-16H,1-4H3/t16-/m0/s1. The van der Waals surface area contributed by atoms with Crippen molar-refractivity contribution < 1.29 is 33.1 Å². The van der Waals surface area contributed by atoms with E-state index in [1.807, 2.05) is 0 Å². The third-order valence-electron chi connectivity index (χ3n) is 6.34. The monoisotopic (exact) mass is 572 g/mol. The third kappa shape index (κ3) is 5.10. The van der Waals surface area contributed by atoms with Crippen LogP contribution in [-0.4, -0.2) is 54.2 Å². The molecule has 0 aliphatic carbocycles. The molecule has 0 aliphatic rings. The molecule has 5 aromatic rings. The van der Waals surface area contributed by atoms with Gasteiger partial charge in [0.2, 0.25) is 11.6 Å². The SMILES string of the molecule is COC(=O)[C@H](C)Oc1c(OC)cc(C=Nn2c(-c3cc4c(OC)cccc4o3)nc3ccccc3c2=O)cc1[N+](=O)[O-]. The molecular weight excluding hydrogens is 548 g/mol. The number of esters is 1. The third-order valence-corrected chi connectivity index (χ3v) is 6.34. The number of ether oxygens (including phenoxy) is 4. The van der Waals surface area contributed by atoms with Crippen molar-refractivity contribution in [3.05, 3.63) is 86.7 Å². The lowest BCUT2D eigenvalue weighted by molar-refractivity contribution is -0.386. The summed E-state index contributed by atoms with van der Waals surface area (Å²) in [4.78, 5) is 41.3. The maximum absolute atomic E-state index is 13.6. The maximum atomic E-state index is 13.6. The molecule has 0 saturated carbocycles. The summed E-state index contributed by atoms with van der Waals surface area (Å²) in [5.41, 5.74) is 0.163. The second-order valence-corrected chi connectivity index (χ2v) is 8.91. The first-order valence-corrected chi connectivity index (χ1v) is 12.5. The molecule has 2 aromatic heterocycles. The minimum atomic E-state index is -1.14. The van der Waals surface area contributed by atoms with Crippen LogP contribution in [0.1, 0.15) is 12.5 Å². The van der Waals surface area contributed by atoms with Gasteiger partial charge in [-0.3, -0.25) is 14.9 Å². The van der Waals surface area contributed by atoms with E-state index in [1.54, 1.807) is 48.5 Å². The Labute approximate surface area is 237 Å². The first-order valence-electron chi connectivity index (χ1n) is 12.5. The molecule has 0 aliphatic heterocycles. The highest BCUT2D eigenvalue weighted by molar-refractivity contribution is 5.89. The topological polar surface area (TPSA) is 158 Å². The number of rotatable bonds is 9. The van der Waals surface area contributed by atoms with E-state index in [4.69, 9.17) is 18.6 Å². The lowest BCUT2D eigenvalue weighted by Crippen LogP contribution is -2.25. The Morgan fingerprint density at radius 1 is 1.05 bits per heavy atom. The lowest BCUT2D eigenvalue weighted by Gasteiger charge is -2.15. The molecule has 0 saturated heterocycles. The number of hydrogen-bond acceptors (Lipinski definition) is 11. The Morgan fingerprint density at radius 2 is 1.81 bits per heavy atom. The molecule has 0 bridgehead atoms. The fourth-order valence-corrected chi connectivity index (χ4v) is 4.32. The van der Waals surface area contributed by atoms with Gasteiger partial charge in [-0.1, -0.05) is 18.2 Å². The van der Waals surface area contributed by atoms with E-state index in [1.165, 1.54) is 46.6 Å².